The molecule has 134 valence electrons. The van der Waals surface area contributed by atoms with E-state index in [0.717, 1.165) is 51.2 Å². The Bertz CT molecular complexity index is 738. The van der Waals surface area contributed by atoms with Gasteiger partial charge in [0.2, 0.25) is 5.91 Å². The number of thioether (sulfide) groups is 1. The molecule has 2 aromatic rings. The number of H-pyrrole nitrogens is 1. The van der Waals surface area contributed by atoms with E-state index in [1.54, 1.807) is 11.8 Å². The maximum Gasteiger partial charge on any atom is 0.233 e. The van der Waals surface area contributed by atoms with E-state index in [-0.39, 0.29) is 11.3 Å². The third-order valence-corrected chi connectivity index (χ3v) is 6.56. The predicted octanol–water partition coefficient (Wildman–Crippen LogP) is 2.38. The number of hydrogen-bond donors (Lipinski definition) is 1. The van der Waals surface area contributed by atoms with Gasteiger partial charge in [0.1, 0.15) is 5.37 Å². The Balaban J connectivity index is 1.40. The minimum atomic E-state index is 0.149. The molecule has 2 aliphatic heterocycles. The van der Waals surface area contributed by atoms with E-state index in [2.05, 4.69) is 51.1 Å². The summed E-state index contributed by atoms with van der Waals surface area (Å²) in [5, 5.41) is 1.38. The molecule has 5 nitrogen and oxygen atoms in total. The van der Waals surface area contributed by atoms with Crippen molar-refractivity contribution in [2.24, 2.45) is 0 Å². The highest BCUT2D eigenvalue weighted by Crippen LogP contribution is 2.41. The summed E-state index contributed by atoms with van der Waals surface area (Å²) in [5.41, 5.74) is 2.39. The smallest absolute Gasteiger partial charge is 0.233 e. The summed E-state index contributed by atoms with van der Waals surface area (Å²) in [6.45, 7) is 6.52. The summed E-state index contributed by atoms with van der Waals surface area (Å²) in [6.07, 6.45) is 3.13. The molecule has 1 amide bonds. The lowest BCUT2D eigenvalue weighted by molar-refractivity contribution is -0.128. The van der Waals surface area contributed by atoms with E-state index in [1.165, 1.54) is 10.9 Å². The average Bonchev–Trinajstić information content (AvgIpc) is 3.20. The summed E-state index contributed by atoms with van der Waals surface area (Å²) in [7, 11) is 2.18. The lowest BCUT2D eigenvalue weighted by Gasteiger charge is -2.33. The molecule has 2 fully saturated rings. The zero-order chi connectivity index (χ0) is 17.2. The van der Waals surface area contributed by atoms with Gasteiger partial charge >= 0.3 is 0 Å². The first-order chi connectivity index (χ1) is 12.2. The maximum absolute atomic E-state index is 12.4. The normalized spacial score (nSPS) is 23.0. The third-order valence-electron chi connectivity index (χ3n) is 5.32. The van der Waals surface area contributed by atoms with Gasteiger partial charge in [0.15, 0.2) is 0 Å². The number of rotatable bonds is 5. The molecule has 2 saturated heterocycles. The molecular formula is C19H26N4OS. The fourth-order valence-corrected chi connectivity index (χ4v) is 5.03. The summed E-state index contributed by atoms with van der Waals surface area (Å²) >= 11 is 1.75. The highest BCUT2D eigenvalue weighted by molar-refractivity contribution is 8.00. The average molecular weight is 359 g/mol. The molecule has 0 spiro atoms. The molecule has 3 heterocycles. The lowest BCUT2D eigenvalue weighted by Crippen LogP contribution is -2.45. The van der Waals surface area contributed by atoms with Gasteiger partial charge in [-0.3, -0.25) is 4.79 Å². The Morgan fingerprint density at radius 1 is 1.16 bits per heavy atom. The van der Waals surface area contributed by atoms with Crippen LogP contribution in [0.1, 0.15) is 17.4 Å². The van der Waals surface area contributed by atoms with Crippen molar-refractivity contribution >= 4 is 28.6 Å². The Kier molecular flexibility index (Phi) is 5.01. The zero-order valence-corrected chi connectivity index (χ0v) is 15.6. The Hall–Kier alpha value is -1.50. The minimum absolute atomic E-state index is 0.149. The number of carbonyl (C=O) groups excluding carboxylic acids is 1. The van der Waals surface area contributed by atoms with Gasteiger partial charge in [-0.15, -0.1) is 11.8 Å². The second-order valence-corrected chi connectivity index (χ2v) is 8.11. The summed E-state index contributed by atoms with van der Waals surface area (Å²) < 4.78 is 0. The van der Waals surface area contributed by atoms with Gasteiger partial charge in [0.05, 0.1) is 5.75 Å². The van der Waals surface area contributed by atoms with Crippen molar-refractivity contribution in [3.63, 3.8) is 0 Å². The van der Waals surface area contributed by atoms with E-state index < -0.39 is 0 Å². The van der Waals surface area contributed by atoms with Crippen molar-refractivity contribution in [1.29, 1.82) is 0 Å². The number of benzene rings is 1. The standard InChI is InChI=1S/C19H26N4OS/c1-21-9-11-22(12-10-21)7-4-8-23-18(24)14-25-19(23)16-13-20-17-6-3-2-5-15(16)17/h2-3,5-6,13,19-20H,4,7-12,14H2,1H3. The maximum atomic E-state index is 12.4. The Morgan fingerprint density at radius 2 is 1.96 bits per heavy atom. The molecule has 6 heteroatoms. The molecule has 1 aromatic heterocycles. The third kappa shape index (κ3) is 3.57. The molecule has 1 aromatic carbocycles. The van der Waals surface area contributed by atoms with E-state index in [1.807, 2.05) is 6.07 Å². The van der Waals surface area contributed by atoms with Gasteiger partial charge in [0, 0.05) is 55.4 Å². The number of piperazine rings is 1. The fourth-order valence-electron chi connectivity index (χ4n) is 3.79. The fraction of sp³-hybridized carbons (Fsp3) is 0.526. The van der Waals surface area contributed by atoms with Gasteiger partial charge in [0.25, 0.3) is 0 Å². The highest BCUT2D eigenvalue weighted by Gasteiger charge is 2.33. The zero-order valence-electron chi connectivity index (χ0n) is 14.8. The molecule has 4 rings (SSSR count). The predicted molar refractivity (Wildman–Crippen MR) is 104 cm³/mol. The van der Waals surface area contributed by atoms with Gasteiger partial charge in [-0.05, 0) is 26.1 Å². The van der Waals surface area contributed by atoms with Crippen molar-refractivity contribution < 1.29 is 4.79 Å². The quantitative estimate of drug-likeness (QED) is 0.891. The number of para-hydroxylation sites is 1. The van der Waals surface area contributed by atoms with Crippen molar-refractivity contribution in [1.82, 2.24) is 19.7 Å². The van der Waals surface area contributed by atoms with Crippen LogP contribution in [-0.2, 0) is 4.79 Å². The van der Waals surface area contributed by atoms with Gasteiger partial charge in [-0.1, -0.05) is 18.2 Å². The second-order valence-electron chi connectivity index (χ2n) is 7.04. The minimum Gasteiger partial charge on any atom is -0.361 e. The van der Waals surface area contributed by atoms with Crippen molar-refractivity contribution in [3.05, 3.63) is 36.0 Å². The number of nitrogens with zero attached hydrogens (tertiary/aromatic N) is 3. The molecule has 0 radical (unpaired) electrons. The molecule has 1 unspecified atom stereocenters. The molecule has 0 aliphatic carbocycles. The van der Waals surface area contributed by atoms with Crippen LogP contribution in [0.3, 0.4) is 0 Å². The van der Waals surface area contributed by atoms with Crippen LogP contribution in [0.15, 0.2) is 30.5 Å². The van der Waals surface area contributed by atoms with Crippen molar-refractivity contribution in [3.8, 4) is 0 Å². The van der Waals surface area contributed by atoms with Crippen LogP contribution in [0.4, 0.5) is 0 Å². The van der Waals surface area contributed by atoms with E-state index in [9.17, 15) is 4.79 Å². The summed E-state index contributed by atoms with van der Waals surface area (Å²) in [5.74, 6) is 0.872. The van der Waals surface area contributed by atoms with Crippen LogP contribution in [0.2, 0.25) is 0 Å². The molecule has 0 bridgehead atoms. The van der Waals surface area contributed by atoms with E-state index in [4.69, 9.17) is 0 Å². The van der Waals surface area contributed by atoms with Gasteiger partial charge in [-0.25, -0.2) is 0 Å². The number of amides is 1. The van der Waals surface area contributed by atoms with Gasteiger partial charge in [-0.2, -0.15) is 0 Å². The van der Waals surface area contributed by atoms with Gasteiger partial charge < -0.3 is 19.7 Å². The largest absolute Gasteiger partial charge is 0.361 e. The number of aromatic amines is 1. The number of nitrogens with one attached hydrogen (secondary N) is 1. The Labute approximate surface area is 153 Å². The highest BCUT2D eigenvalue weighted by atomic mass is 32.2. The molecule has 2 aliphatic rings. The monoisotopic (exact) mass is 358 g/mol. The number of carbonyl (C=O) groups is 1. The molecular weight excluding hydrogens is 332 g/mol. The van der Waals surface area contributed by atoms with Crippen LogP contribution < -0.4 is 0 Å². The van der Waals surface area contributed by atoms with Crippen molar-refractivity contribution in [2.45, 2.75) is 11.8 Å². The van der Waals surface area contributed by atoms with Crippen LogP contribution >= 0.6 is 11.8 Å². The van der Waals surface area contributed by atoms with Crippen LogP contribution in [0, 0.1) is 0 Å². The first-order valence-electron chi connectivity index (χ1n) is 9.10. The number of likely N-dealkylation sites (N-methyl/N-ethyl adjacent to an activating group) is 1. The lowest BCUT2D eigenvalue weighted by atomic mass is 10.1. The topological polar surface area (TPSA) is 42.6 Å². The summed E-state index contributed by atoms with van der Waals surface area (Å²) in [4.78, 5) is 22.7. The molecule has 0 saturated carbocycles. The SMILES string of the molecule is CN1CCN(CCCN2C(=O)CSC2c2c[nH]c3ccccc23)CC1. The first-order valence-corrected chi connectivity index (χ1v) is 10.2. The number of fused-ring (bicyclic) bond motifs is 1. The van der Waals surface area contributed by atoms with Crippen LogP contribution in [-0.4, -0.2) is 77.7 Å². The number of aromatic nitrogens is 1. The van der Waals surface area contributed by atoms with Crippen LogP contribution in [0.5, 0.6) is 0 Å². The van der Waals surface area contributed by atoms with Crippen molar-refractivity contribution in [2.75, 3.05) is 52.1 Å². The summed E-state index contributed by atoms with van der Waals surface area (Å²) in [6, 6.07) is 8.35. The molecule has 1 atom stereocenters. The molecule has 25 heavy (non-hydrogen) atoms. The Morgan fingerprint density at radius 3 is 2.80 bits per heavy atom. The molecule has 1 N–H and O–H groups in total. The second kappa shape index (κ2) is 7.40. The van der Waals surface area contributed by atoms with E-state index in [0.29, 0.717) is 5.75 Å². The van der Waals surface area contributed by atoms with Crippen LogP contribution in [0.25, 0.3) is 10.9 Å². The number of hydrogen-bond acceptors (Lipinski definition) is 4. The van der Waals surface area contributed by atoms with E-state index >= 15 is 0 Å². The first kappa shape index (κ1) is 16.9.